The van der Waals surface area contributed by atoms with Crippen molar-refractivity contribution in [3.8, 4) is 0 Å². The van der Waals surface area contributed by atoms with Crippen molar-refractivity contribution >= 4 is 6.09 Å². The van der Waals surface area contributed by atoms with E-state index in [9.17, 15) is 18.0 Å². The van der Waals surface area contributed by atoms with E-state index in [1.807, 2.05) is 43.9 Å². The Balaban J connectivity index is 1.47. The van der Waals surface area contributed by atoms with Gasteiger partial charge in [-0.1, -0.05) is 69.8 Å². The summed E-state index contributed by atoms with van der Waals surface area (Å²) in [5.41, 5.74) is 1.87. The molecule has 0 N–H and O–H groups in total. The van der Waals surface area contributed by atoms with Crippen LogP contribution in [0.1, 0.15) is 83.5 Å². The molecule has 1 unspecified atom stereocenters. The number of amides is 1. The Morgan fingerprint density at radius 2 is 1.47 bits per heavy atom. The van der Waals surface area contributed by atoms with Gasteiger partial charge in [0, 0.05) is 44.5 Å². The van der Waals surface area contributed by atoms with E-state index in [4.69, 9.17) is 4.74 Å². The molecule has 2 atom stereocenters. The molecule has 8 heteroatoms. The van der Waals surface area contributed by atoms with Crippen molar-refractivity contribution in [3.63, 3.8) is 0 Å². The van der Waals surface area contributed by atoms with E-state index in [2.05, 4.69) is 49.3 Å². The Hall–Kier alpha value is -3.00. The molecule has 5 nitrogen and oxygen atoms in total. The van der Waals surface area contributed by atoms with Crippen LogP contribution in [0.25, 0.3) is 0 Å². The molecule has 0 radical (unpaired) electrons. The molecule has 2 aliphatic heterocycles. The van der Waals surface area contributed by atoms with Crippen molar-refractivity contribution in [2.24, 2.45) is 11.3 Å². The van der Waals surface area contributed by atoms with Gasteiger partial charge < -0.3 is 14.5 Å². The minimum absolute atomic E-state index is 0.0525. The van der Waals surface area contributed by atoms with Crippen molar-refractivity contribution in [1.82, 2.24) is 14.7 Å². The molecule has 0 aromatic heterocycles. The predicted octanol–water partition coefficient (Wildman–Crippen LogP) is 8.38. The van der Waals surface area contributed by atoms with Gasteiger partial charge in [0.05, 0.1) is 11.6 Å². The van der Waals surface area contributed by atoms with Crippen LogP contribution < -0.4 is 0 Å². The number of nitrogens with zero attached hydrogens (tertiary/aromatic N) is 3. The molecule has 1 amide bonds. The van der Waals surface area contributed by atoms with E-state index in [1.165, 1.54) is 12.1 Å². The first-order chi connectivity index (χ1) is 20.0. The van der Waals surface area contributed by atoms with Gasteiger partial charge in [-0.25, -0.2) is 4.79 Å². The average molecular weight is 600 g/mol. The molecular weight excluding hydrogens is 551 g/mol. The zero-order valence-corrected chi connectivity index (χ0v) is 26.6. The first kappa shape index (κ1) is 32.9. The molecule has 2 aromatic rings. The highest BCUT2D eigenvalue weighted by molar-refractivity contribution is 5.68. The lowest BCUT2D eigenvalue weighted by atomic mass is 9.82. The van der Waals surface area contributed by atoms with Crippen molar-refractivity contribution < 1.29 is 22.7 Å². The van der Waals surface area contributed by atoms with Gasteiger partial charge >= 0.3 is 12.3 Å². The number of allylic oxidation sites excluding steroid dienone is 1. The summed E-state index contributed by atoms with van der Waals surface area (Å²) in [5.74, 6) is 0.453. The second-order valence-corrected chi connectivity index (χ2v) is 14.2. The highest BCUT2D eigenvalue weighted by atomic mass is 19.4. The fourth-order valence-electron chi connectivity index (χ4n) is 6.36. The van der Waals surface area contributed by atoms with Gasteiger partial charge in [-0.05, 0) is 74.6 Å². The van der Waals surface area contributed by atoms with Gasteiger partial charge in [0.25, 0.3) is 0 Å². The third-order valence-corrected chi connectivity index (χ3v) is 8.64. The zero-order chi connectivity index (χ0) is 31.6. The smallest absolute Gasteiger partial charge is 0.416 e. The lowest BCUT2D eigenvalue weighted by molar-refractivity contribution is -0.137. The van der Waals surface area contributed by atoms with Gasteiger partial charge in [-0.3, -0.25) is 4.90 Å². The number of hydrogen-bond acceptors (Lipinski definition) is 4. The van der Waals surface area contributed by atoms with Crippen molar-refractivity contribution in [1.29, 1.82) is 0 Å². The van der Waals surface area contributed by atoms with Crippen molar-refractivity contribution in [2.45, 2.75) is 84.7 Å². The van der Waals surface area contributed by atoms with Crippen LogP contribution >= 0.6 is 0 Å². The van der Waals surface area contributed by atoms with Crippen LogP contribution in [-0.4, -0.2) is 65.2 Å². The van der Waals surface area contributed by atoms with Gasteiger partial charge in [0.2, 0.25) is 0 Å². The summed E-state index contributed by atoms with van der Waals surface area (Å²) in [6.07, 6.45) is -1.88. The van der Waals surface area contributed by atoms with E-state index >= 15 is 0 Å². The number of piperidine rings is 1. The third kappa shape index (κ3) is 8.55. The largest absolute Gasteiger partial charge is 0.444 e. The minimum atomic E-state index is -4.36. The van der Waals surface area contributed by atoms with E-state index in [-0.39, 0.29) is 23.6 Å². The van der Waals surface area contributed by atoms with E-state index < -0.39 is 17.3 Å². The lowest BCUT2D eigenvalue weighted by Crippen LogP contribution is -2.58. The van der Waals surface area contributed by atoms with Crippen molar-refractivity contribution in [3.05, 3.63) is 83.6 Å². The summed E-state index contributed by atoms with van der Waals surface area (Å²) < 4.78 is 45.6. The summed E-state index contributed by atoms with van der Waals surface area (Å²) in [6, 6.07) is 15.7. The molecule has 2 aromatic carbocycles. The standard InChI is InChI=1S/C35H48F3N3O2/c1-25(23-26-17-19-39(20-18-26)32(42)43-34(5,6)7)41-22-21-40(24-30(41)33(2,3)4)31(27-11-9-8-10-12-27)28-13-15-29(16-14-28)35(36,37)38/h8-16,26,30-31H,1,17-24H2,2-7H3/t30-,31?/m1/s1. The molecule has 2 saturated heterocycles. The van der Waals surface area contributed by atoms with Crippen molar-refractivity contribution in [2.75, 3.05) is 32.7 Å². The molecule has 4 rings (SSSR count). The highest BCUT2D eigenvalue weighted by Gasteiger charge is 2.39. The quantitative estimate of drug-likeness (QED) is 0.334. The van der Waals surface area contributed by atoms with Gasteiger partial charge in [0.15, 0.2) is 0 Å². The molecule has 0 saturated carbocycles. The molecule has 236 valence electrons. The lowest BCUT2D eigenvalue weighted by Gasteiger charge is -2.51. The van der Waals surface area contributed by atoms with Gasteiger partial charge in [0.1, 0.15) is 5.60 Å². The van der Waals surface area contributed by atoms with Crippen LogP contribution in [0.15, 0.2) is 66.9 Å². The highest BCUT2D eigenvalue weighted by Crippen LogP contribution is 2.39. The van der Waals surface area contributed by atoms with Crippen LogP contribution in [0.3, 0.4) is 0 Å². The fourth-order valence-corrected chi connectivity index (χ4v) is 6.36. The summed E-state index contributed by atoms with van der Waals surface area (Å²) >= 11 is 0. The maximum Gasteiger partial charge on any atom is 0.416 e. The molecule has 2 fully saturated rings. The number of halogens is 3. The first-order valence-corrected chi connectivity index (χ1v) is 15.4. The van der Waals surface area contributed by atoms with Crippen LogP contribution in [0.2, 0.25) is 0 Å². The van der Waals surface area contributed by atoms with E-state index in [0.717, 1.165) is 55.7 Å². The third-order valence-electron chi connectivity index (χ3n) is 8.64. The predicted molar refractivity (Wildman–Crippen MR) is 166 cm³/mol. The normalized spacial score (nSPS) is 20.2. The molecular formula is C35H48F3N3O2. The Kier molecular flexibility index (Phi) is 9.89. The molecule has 43 heavy (non-hydrogen) atoms. The monoisotopic (exact) mass is 599 g/mol. The van der Waals surface area contributed by atoms with Crippen LogP contribution in [0, 0.1) is 11.3 Å². The summed E-state index contributed by atoms with van der Waals surface area (Å²) in [4.78, 5) is 19.2. The number of likely N-dealkylation sites (tertiary alicyclic amines) is 1. The maximum absolute atomic E-state index is 13.3. The Morgan fingerprint density at radius 1 is 0.884 bits per heavy atom. The maximum atomic E-state index is 13.3. The molecule has 2 aliphatic rings. The first-order valence-electron chi connectivity index (χ1n) is 15.4. The van der Waals surface area contributed by atoms with Crippen LogP contribution in [0.5, 0.6) is 0 Å². The fraction of sp³-hybridized carbons (Fsp3) is 0.571. The average Bonchev–Trinajstić information content (AvgIpc) is 2.92. The summed E-state index contributed by atoms with van der Waals surface area (Å²) in [7, 11) is 0. The molecule has 0 aliphatic carbocycles. The van der Waals surface area contributed by atoms with E-state index in [0.29, 0.717) is 19.0 Å². The van der Waals surface area contributed by atoms with E-state index in [1.54, 1.807) is 12.1 Å². The van der Waals surface area contributed by atoms with Crippen LogP contribution in [-0.2, 0) is 10.9 Å². The number of carbonyl (C=O) groups excluding carboxylic acids is 1. The number of alkyl halides is 3. The minimum Gasteiger partial charge on any atom is -0.444 e. The number of piperazine rings is 1. The Bertz CT molecular complexity index is 1220. The zero-order valence-electron chi connectivity index (χ0n) is 26.6. The number of carbonyl (C=O) groups is 1. The molecule has 0 spiro atoms. The molecule has 2 heterocycles. The Morgan fingerprint density at radius 3 is 2.00 bits per heavy atom. The Labute approximate surface area is 255 Å². The number of benzene rings is 2. The summed E-state index contributed by atoms with van der Waals surface area (Å²) in [6.45, 7) is 20.7. The van der Waals surface area contributed by atoms with Crippen LogP contribution in [0.4, 0.5) is 18.0 Å². The van der Waals surface area contributed by atoms with Gasteiger partial charge in [-0.2, -0.15) is 13.2 Å². The summed E-state index contributed by atoms with van der Waals surface area (Å²) in [5, 5.41) is 0. The van der Waals surface area contributed by atoms with Gasteiger partial charge in [-0.15, -0.1) is 0 Å². The molecule has 0 bridgehead atoms. The second-order valence-electron chi connectivity index (χ2n) is 14.2. The SMILES string of the molecule is C=C(CC1CCN(C(=O)OC(C)(C)C)CC1)N1CCN(C(c2ccccc2)c2ccc(C(F)(F)F)cc2)C[C@@H]1C(C)(C)C. The second kappa shape index (κ2) is 12.9. The number of rotatable bonds is 6. The number of ether oxygens (including phenoxy) is 1. The topological polar surface area (TPSA) is 36.0 Å². The number of hydrogen-bond donors (Lipinski definition) is 0.